The number of hydrogen-bond donors (Lipinski definition) is 0. The van der Waals surface area contributed by atoms with E-state index >= 15 is 0 Å². The summed E-state index contributed by atoms with van der Waals surface area (Å²) in [7, 11) is 0. The predicted octanol–water partition coefficient (Wildman–Crippen LogP) is 4.34. The van der Waals surface area contributed by atoms with E-state index in [2.05, 4.69) is 6.92 Å². The summed E-state index contributed by atoms with van der Waals surface area (Å²) in [4.78, 5) is 19.4. The van der Waals surface area contributed by atoms with Crippen molar-refractivity contribution in [2.75, 3.05) is 11.4 Å². The van der Waals surface area contributed by atoms with Crippen molar-refractivity contribution >= 4 is 23.0 Å². The average molecular weight is 292 g/mol. The topological polar surface area (TPSA) is 32.7 Å². The number of carbonyl (C=O) groups excluding carboxylic acids is 1. The molecule has 0 bridgehead atoms. The maximum Gasteiger partial charge on any atom is 0.233 e. The Kier molecular flexibility index (Phi) is 4.33. The Bertz CT molecular complexity index is 692. The molecule has 3 nitrogen and oxygen atoms in total. The van der Waals surface area contributed by atoms with Crippen LogP contribution >= 0.6 is 0 Å². The second kappa shape index (κ2) is 6.56. The van der Waals surface area contributed by atoms with Crippen LogP contribution in [0.25, 0.3) is 0 Å². The highest BCUT2D eigenvalue weighted by Gasteiger charge is 2.24. The van der Waals surface area contributed by atoms with Crippen molar-refractivity contribution < 1.29 is 4.79 Å². The maximum absolute atomic E-state index is 12.7. The molecule has 3 rings (SSSR count). The van der Waals surface area contributed by atoms with Crippen molar-refractivity contribution in [2.24, 2.45) is 4.99 Å². The van der Waals surface area contributed by atoms with Crippen LogP contribution in [-0.4, -0.2) is 18.2 Å². The SMILES string of the molecule is CCCCN1C(=O)CC(c2ccccc2)=Nc2ccccc21. The van der Waals surface area contributed by atoms with Crippen LogP contribution in [0, 0.1) is 0 Å². The quantitative estimate of drug-likeness (QED) is 0.825. The second-order valence-corrected chi connectivity index (χ2v) is 5.49. The maximum atomic E-state index is 12.7. The van der Waals surface area contributed by atoms with Crippen molar-refractivity contribution in [3.63, 3.8) is 0 Å². The van der Waals surface area contributed by atoms with Gasteiger partial charge in [0.2, 0.25) is 5.91 Å². The molecule has 0 N–H and O–H groups in total. The van der Waals surface area contributed by atoms with Crippen molar-refractivity contribution in [3.8, 4) is 0 Å². The van der Waals surface area contributed by atoms with Crippen molar-refractivity contribution in [3.05, 3.63) is 60.2 Å². The Morgan fingerprint density at radius 3 is 2.55 bits per heavy atom. The van der Waals surface area contributed by atoms with Gasteiger partial charge >= 0.3 is 0 Å². The molecule has 1 aliphatic heterocycles. The van der Waals surface area contributed by atoms with Gasteiger partial charge in [-0.15, -0.1) is 0 Å². The molecule has 112 valence electrons. The number of nitrogens with zero attached hydrogens (tertiary/aromatic N) is 2. The number of fused-ring (bicyclic) bond motifs is 1. The molecule has 0 atom stereocenters. The summed E-state index contributed by atoms with van der Waals surface area (Å²) < 4.78 is 0. The van der Waals surface area contributed by atoms with Crippen LogP contribution in [-0.2, 0) is 4.79 Å². The molecular formula is C19H20N2O. The van der Waals surface area contributed by atoms with E-state index in [4.69, 9.17) is 4.99 Å². The minimum Gasteiger partial charge on any atom is -0.310 e. The van der Waals surface area contributed by atoms with E-state index in [0.29, 0.717) is 6.42 Å². The van der Waals surface area contributed by atoms with Gasteiger partial charge in [0.25, 0.3) is 0 Å². The van der Waals surface area contributed by atoms with E-state index in [0.717, 1.165) is 42.0 Å². The van der Waals surface area contributed by atoms with Gasteiger partial charge in [-0.3, -0.25) is 9.79 Å². The molecule has 0 spiro atoms. The lowest BCUT2D eigenvalue weighted by Gasteiger charge is -2.22. The first-order valence-corrected chi connectivity index (χ1v) is 7.82. The number of rotatable bonds is 4. The first kappa shape index (κ1) is 14.5. The number of anilines is 1. The van der Waals surface area contributed by atoms with E-state index in [1.165, 1.54) is 0 Å². The van der Waals surface area contributed by atoms with Gasteiger partial charge in [-0.2, -0.15) is 0 Å². The number of unbranched alkanes of at least 4 members (excludes halogenated alkanes) is 1. The van der Waals surface area contributed by atoms with Gasteiger partial charge in [0.05, 0.1) is 23.5 Å². The molecule has 0 unspecified atom stereocenters. The highest BCUT2D eigenvalue weighted by molar-refractivity contribution is 6.17. The fourth-order valence-electron chi connectivity index (χ4n) is 2.70. The number of amides is 1. The summed E-state index contributed by atoms with van der Waals surface area (Å²) in [6.07, 6.45) is 2.42. The predicted molar refractivity (Wildman–Crippen MR) is 91.0 cm³/mol. The summed E-state index contributed by atoms with van der Waals surface area (Å²) in [6, 6.07) is 17.9. The molecule has 0 saturated carbocycles. The fourth-order valence-corrected chi connectivity index (χ4v) is 2.70. The van der Waals surface area contributed by atoms with Gasteiger partial charge < -0.3 is 4.90 Å². The third-order valence-corrected chi connectivity index (χ3v) is 3.89. The number of aliphatic imine (C=N–C) groups is 1. The largest absolute Gasteiger partial charge is 0.310 e. The molecule has 0 radical (unpaired) electrons. The molecule has 2 aromatic rings. The summed E-state index contributed by atoms with van der Waals surface area (Å²) in [6.45, 7) is 2.89. The Hall–Kier alpha value is -2.42. The molecule has 0 saturated heterocycles. The first-order chi connectivity index (χ1) is 10.8. The summed E-state index contributed by atoms with van der Waals surface area (Å²) >= 11 is 0. The summed E-state index contributed by atoms with van der Waals surface area (Å²) in [5.41, 5.74) is 3.66. The van der Waals surface area contributed by atoms with Gasteiger partial charge in [-0.05, 0) is 24.1 Å². The van der Waals surface area contributed by atoms with Crippen LogP contribution in [0.5, 0.6) is 0 Å². The molecule has 1 aliphatic rings. The number of para-hydroxylation sites is 2. The lowest BCUT2D eigenvalue weighted by Crippen LogP contribution is -2.32. The molecule has 1 amide bonds. The van der Waals surface area contributed by atoms with E-state index in [1.807, 2.05) is 59.5 Å². The minimum atomic E-state index is 0.126. The molecular weight excluding hydrogens is 272 g/mol. The third-order valence-electron chi connectivity index (χ3n) is 3.89. The molecule has 1 heterocycles. The van der Waals surface area contributed by atoms with Gasteiger partial charge in [-0.1, -0.05) is 55.8 Å². The number of benzene rings is 2. The fraction of sp³-hybridized carbons (Fsp3) is 0.263. The Morgan fingerprint density at radius 2 is 1.77 bits per heavy atom. The summed E-state index contributed by atoms with van der Waals surface area (Å²) in [5, 5.41) is 0. The van der Waals surface area contributed by atoms with E-state index in [-0.39, 0.29) is 5.91 Å². The molecule has 2 aromatic carbocycles. The van der Waals surface area contributed by atoms with E-state index in [1.54, 1.807) is 0 Å². The number of hydrogen-bond acceptors (Lipinski definition) is 2. The monoisotopic (exact) mass is 292 g/mol. The average Bonchev–Trinajstić information content (AvgIpc) is 2.70. The zero-order valence-corrected chi connectivity index (χ0v) is 12.8. The Morgan fingerprint density at radius 1 is 1.05 bits per heavy atom. The summed E-state index contributed by atoms with van der Waals surface area (Å²) in [5.74, 6) is 0.126. The van der Waals surface area contributed by atoms with Crippen LogP contribution < -0.4 is 4.90 Å². The molecule has 3 heteroatoms. The van der Waals surface area contributed by atoms with E-state index in [9.17, 15) is 4.79 Å². The smallest absolute Gasteiger partial charge is 0.233 e. The van der Waals surface area contributed by atoms with Crippen LogP contribution in [0.2, 0.25) is 0 Å². The zero-order valence-electron chi connectivity index (χ0n) is 12.8. The van der Waals surface area contributed by atoms with Gasteiger partial charge in [0.15, 0.2) is 0 Å². The standard InChI is InChI=1S/C19H20N2O/c1-2-3-13-21-18-12-8-7-11-16(18)20-17(14-19(21)22)15-9-5-4-6-10-15/h4-12H,2-3,13-14H2,1H3. The van der Waals surface area contributed by atoms with Crippen LogP contribution in [0.1, 0.15) is 31.7 Å². The van der Waals surface area contributed by atoms with Crippen molar-refractivity contribution in [1.29, 1.82) is 0 Å². The van der Waals surface area contributed by atoms with Gasteiger partial charge in [0, 0.05) is 6.54 Å². The highest BCUT2D eigenvalue weighted by atomic mass is 16.2. The second-order valence-electron chi connectivity index (χ2n) is 5.49. The van der Waals surface area contributed by atoms with Gasteiger partial charge in [0.1, 0.15) is 0 Å². The van der Waals surface area contributed by atoms with Gasteiger partial charge in [-0.25, -0.2) is 0 Å². The molecule has 22 heavy (non-hydrogen) atoms. The van der Waals surface area contributed by atoms with Crippen LogP contribution in [0.15, 0.2) is 59.6 Å². The minimum absolute atomic E-state index is 0.126. The van der Waals surface area contributed by atoms with Crippen LogP contribution in [0.4, 0.5) is 11.4 Å². The Labute approximate surface area is 131 Å². The molecule has 0 aliphatic carbocycles. The lowest BCUT2D eigenvalue weighted by molar-refractivity contribution is -0.117. The lowest BCUT2D eigenvalue weighted by atomic mass is 10.1. The van der Waals surface area contributed by atoms with Crippen molar-refractivity contribution in [1.82, 2.24) is 0 Å². The third kappa shape index (κ3) is 2.93. The number of carbonyl (C=O) groups is 1. The first-order valence-electron chi connectivity index (χ1n) is 7.82. The molecule has 0 fully saturated rings. The molecule has 0 aromatic heterocycles. The Balaban J connectivity index is 2.03. The van der Waals surface area contributed by atoms with Crippen molar-refractivity contribution in [2.45, 2.75) is 26.2 Å². The normalized spacial score (nSPS) is 14.3. The van der Waals surface area contributed by atoms with Crippen LogP contribution in [0.3, 0.4) is 0 Å². The van der Waals surface area contributed by atoms with E-state index < -0.39 is 0 Å². The highest BCUT2D eigenvalue weighted by Crippen LogP contribution is 2.33. The zero-order chi connectivity index (χ0) is 15.4.